The van der Waals surface area contributed by atoms with Crippen LogP contribution in [0.4, 0.5) is 4.79 Å². The van der Waals surface area contributed by atoms with Gasteiger partial charge < -0.3 is 20.5 Å². The molecule has 3 unspecified atom stereocenters. The number of carbonyl (C=O) groups excluding carboxylic acids is 1. The van der Waals surface area contributed by atoms with Gasteiger partial charge in [-0.05, 0) is 24.0 Å². The van der Waals surface area contributed by atoms with E-state index in [1.807, 2.05) is 24.3 Å². The van der Waals surface area contributed by atoms with E-state index in [9.17, 15) is 4.79 Å². The van der Waals surface area contributed by atoms with Gasteiger partial charge >= 0.3 is 6.03 Å². The summed E-state index contributed by atoms with van der Waals surface area (Å²) in [4.78, 5) is 12.1. The number of aliphatic hydroxyl groups excluding tert-OH is 1. The van der Waals surface area contributed by atoms with Crippen LogP contribution in [0.1, 0.15) is 31.4 Å². The molecule has 2 aliphatic rings. The van der Waals surface area contributed by atoms with Gasteiger partial charge in [-0.25, -0.2) is 4.79 Å². The zero-order valence-electron chi connectivity index (χ0n) is 13.8. The fraction of sp³-hybridized carbons (Fsp3) is 0.611. The molecule has 1 heterocycles. The second-order valence-electron chi connectivity index (χ2n) is 7.17. The minimum Gasteiger partial charge on any atom is -0.392 e. The van der Waals surface area contributed by atoms with Gasteiger partial charge in [0, 0.05) is 30.5 Å². The molecule has 1 saturated heterocycles. The molecule has 3 atom stereocenters. The highest BCUT2D eigenvalue weighted by molar-refractivity contribution is 5.74. The Balaban J connectivity index is 1.43. The van der Waals surface area contributed by atoms with E-state index in [4.69, 9.17) is 9.84 Å². The molecule has 23 heavy (non-hydrogen) atoms. The summed E-state index contributed by atoms with van der Waals surface area (Å²) >= 11 is 0. The van der Waals surface area contributed by atoms with Crippen LogP contribution in [0.15, 0.2) is 24.3 Å². The molecule has 3 rings (SSSR count). The maximum Gasteiger partial charge on any atom is 0.315 e. The van der Waals surface area contributed by atoms with Gasteiger partial charge in [-0.1, -0.05) is 38.1 Å². The van der Waals surface area contributed by atoms with Crippen molar-refractivity contribution in [2.45, 2.75) is 45.4 Å². The van der Waals surface area contributed by atoms with Gasteiger partial charge in [0.05, 0.1) is 12.7 Å². The zero-order chi connectivity index (χ0) is 16.4. The van der Waals surface area contributed by atoms with Crippen LogP contribution in [-0.4, -0.2) is 36.4 Å². The van der Waals surface area contributed by atoms with E-state index in [0.717, 1.165) is 30.6 Å². The Morgan fingerprint density at radius 1 is 1.30 bits per heavy atom. The number of urea groups is 1. The third kappa shape index (κ3) is 3.21. The van der Waals surface area contributed by atoms with E-state index in [2.05, 4.69) is 24.5 Å². The van der Waals surface area contributed by atoms with E-state index in [1.54, 1.807) is 0 Å². The molecular weight excluding hydrogens is 292 g/mol. The van der Waals surface area contributed by atoms with Gasteiger partial charge in [-0.3, -0.25) is 0 Å². The molecule has 1 aromatic carbocycles. The fourth-order valence-corrected chi connectivity index (χ4v) is 3.94. The van der Waals surface area contributed by atoms with Crippen molar-refractivity contribution in [3.8, 4) is 0 Å². The van der Waals surface area contributed by atoms with Crippen molar-refractivity contribution in [1.82, 2.24) is 10.6 Å². The van der Waals surface area contributed by atoms with Crippen LogP contribution in [0, 0.1) is 11.3 Å². The van der Waals surface area contributed by atoms with Crippen molar-refractivity contribution >= 4 is 6.03 Å². The Bertz CT molecular complexity index is 556. The number of fused-ring (bicyclic) bond motifs is 1. The standard InChI is InChI=1S/C18H26N2O3/c1-18(2)15(14-8-10-23-16(14)18)20-17(22)19-9-7-12-3-5-13(11-21)6-4-12/h3-6,14-16,21H,7-11H2,1-2H3,(H2,19,20,22). The summed E-state index contributed by atoms with van der Waals surface area (Å²) in [5, 5.41) is 15.1. The number of carbonyl (C=O) groups is 1. The first-order valence-corrected chi connectivity index (χ1v) is 8.37. The summed E-state index contributed by atoms with van der Waals surface area (Å²) in [7, 11) is 0. The second-order valence-corrected chi connectivity index (χ2v) is 7.17. The van der Waals surface area contributed by atoms with Gasteiger partial charge in [-0.2, -0.15) is 0 Å². The highest BCUT2D eigenvalue weighted by atomic mass is 16.5. The molecule has 2 fully saturated rings. The molecule has 1 saturated carbocycles. The van der Waals surface area contributed by atoms with Crippen LogP contribution in [0.3, 0.4) is 0 Å². The Morgan fingerprint density at radius 2 is 2.00 bits per heavy atom. The number of nitrogens with one attached hydrogen (secondary N) is 2. The molecule has 1 aliphatic heterocycles. The molecule has 0 bridgehead atoms. The summed E-state index contributed by atoms with van der Waals surface area (Å²) in [6.45, 7) is 5.79. The number of amides is 2. The number of benzene rings is 1. The molecule has 0 aromatic heterocycles. The summed E-state index contributed by atoms with van der Waals surface area (Å²) in [6.07, 6.45) is 2.11. The second kappa shape index (κ2) is 6.49. The number of aliphatic hydroxyl groups is 1. The zero-order valence-corrected chi connectivity index (χ0v) is 13.8. The summed E-state index contributed by atoms with van der Waals surface area (Å²) in [5.74, 6) is 0.460. The van der Waals surface area contributed by atoms with E-state index in [0.29, 0.717) is 12.5 Å². The largest absolute Gasteiger partial charge is 0.392 e. The Hall–Kier alpha value is -1.59. The average molecular weight is 318 g/mol. The number of rotatable bonds is 5. The van der Waals surface area contributed by atoms with Crippen LogP contribution in [0.2, 0.25) is 0 Å². The molecule has 1 aromatic rings. The van der Waals surface area contributed by atoms with Crippen LogP contribution in [0.5, 0.6) is 0 Å². The van der Waals surface area contributed by atoms with E-state index >= 15 is 0 Å². The quantitative estimate of drug-likeness (QED) is 0.776. The molecule has 5 nitrogen and oxygen atoms in total. The predicted molar refractivity (Wildman–Crippen MR) is 88.0 cm³/mol. The normalized spacial score (nSPS) is 27.9. The lowest BCUT2D eigenvalue weighted by atomic mass is 9.57. The van der Waals surface area contributed by atoms with Gasteiger partial charge in [0.15, 0.2) is 0 Å². The highest BCUT2D eigenvalue weighted by Gasteiger charge is 2.59. The van der Waals surface area contributed by atoms with Crippen molar-refractivity contribution in [3.63, 3.8) is 0 Å². The van der Waals surface area contributed by atoms with Gasteiger partial charge in [-0.15, -0.1) is 0 Å². The third-order valence-corrected chi connectivity index (χ3v) is 5.29. The molecule has 2 amide bonds. The molecule has 5 heteroatoms. The Labute approximate surface area is 137 Å². The first kappa shape index (κ1) is 16.3. The minimum absolute atomic E-state index is 0.0125. The minimum atomic E-state index is -0.0968. The first-order valence-electron chi connectivity index (χ1n) is 8.37. The maximum absolute atomic E-state index is 12.1. The van der Waals surface area contributed by atoms with Crippen molar-refractivity contribution in [1.29, 1.82) is 0 Å². The highest BCUT2D eigenvalue weighted by Crippen LogP contribution is 2.51. The van der Waals surface area contributed by atoms with Crippen LogP contribution in [0.25, 0.3) is 0 Å². The fourth-order valence-electron chi connectivity index (χ4n) is 3.94. The van der Waals surface area contributed by atoms with E-state index in [1.165, 1.54) is 0 Å². The summed E-state index contributed by atoms with van der Waals surface area (Å²) in [5.41, 5.74) is 2.06. The molecular formula is C18H26N2O3. The third-order valence-electron chi connectivity index (χ3n) is 5.29. The lowest BCUT2D eigenvalue weighted by Crippen LogP contribution is -2.67. The number of ether oxygens (including phenoxy) is 1. The topological polar surface area (TPSA) is 70.6 Å². The maximum atomic E-state index is 12.1. The van der Waals surface area contributed by atoms with Crippen molar-refractivity contribution in [3.05, 3.63) is 35.4 Å². The number of hydrogen-bond donors (Lipinski definition) is 3. The first-order chi connectivity index (χ1) is 11.0. The van der Waals surface area contributed by atoms with Crippen LogP contribution >= 0.6 is 0 Å². The van der Waals surface area contributed by atoms with Gasteiger partial charge in [0.2, 0.25) is 0 Å². The molecule has 3 N–H and O–H groups in total. The van der Waals surface area contributed by atoms with Crippen LogP contribution < -0.4 is 10.6 Å². The van der Waals surface area contributed by atoms with Crippen LogP contribution in [-0.2, 0) is 17.8 Å². The van der Waals surface area contributed by atoms with E-state index in [-0.39, 0.29) is 30.2 Å². The van der Waals surface area contributed by atoms with Gasteiger partial charge in [0.25, 0.3) is 0 Å². The van der Waals surface area contributed by atoms with Gasteiger partial charge in [0.1, 0.15) is 0 Å². The van der Waals surface area contributed by atoms with Crippen molar-refractivity contribution < 1.29 is 14.6 Å². The molecule has 1 aliphatic carbocycles. The summed E-state index contributed by atoms with van der Waals surface area (Å²) in [6, 6.07) is 7.89. The lowest BCUT2D eigenvalue weighted by Gasteiger charge is -2.54. The molecule has 126 valence electrons. The average Bonchev–Trinajstić information content (AvgIpc) is 3.00. The Morgan fingerprint density at radius 3 is 2.70 bits per heavy atom. The SMILES string of the molecule is CC1(C)C(NC(=O)NCCc2ccc(CO)cc2)C2CCOC21. The summed E-state index contributed by atoms with van der Waals surface area (Å²) < 4.78 is 5.75. The van der Waals surface area contributed by atoms with Crippen molar-refractivity contribution in [2.24, 2.45) is 11.3 Å². The lowest BCUT2D eigenvalue weighted by molar-refractivity contribution is -0.108. The molecule has 0 spiro atoms. The smallest absolute Gasteiger partial charge is 0.315 e. The van der Waals surface area contributed by atoms with E-state index < -0.39 is 0 Å². The monoisotopic (exact) mass is 318 g/mol. The predicted octanol–water partition coefficient (Wildman–Crippen LogP) is 1.83. The van der Waals surface area contributed by atoms with Crippen molar-refractivity contribution in [2.75, 3.05) is 13.2 Å². The Kier molecular flexibility index (Phi) is 4.60. The molecule has 0 radical (unpaired) electrons. The number of hydrogen-bond acceptors (Lipinski definition) is 3.